The minimum Gasteiger partial charge on any atom is -0.380 e. The normalized spacial score (nSPS) is 18.2. The number of nitrogens with one attached hydrogen (secondary N) is 1. The Kier molecular flexibility index (Phi) is 8.78. The fourth-order valence-electron chi connectivity index (χ4n) is 4.36. The quantitative estimate of drug-likeness (QED) is 0.500. The minimum absolute atomic E-state index is 0.409. The van der Waals surface area contributed by atoms with Gasteiger partial charge in [-0.3, -0.25) is 0 Å². The zero-order valence-electron chi connectivity index (χ0n) is 17.7. The van der Waals surface area contributed by atoms with Gasteiger partial charge in [0.05, 0.1) is 12.7 Å². The molecule has 0 aromatic heterocycles. The molecule has 1 heterocycles. The van der Waals surface area contributed by atoms with Crippen LogP contribution in [0.1, 0.15) is 51.5 Å². The molecule has 0 aliphatic carbocycles. The molecule has 2 unspecified atom stereocenters. The zero-order valence-corrected chi connectivity index (χ0v) is 17.7. The molecule has 0 bridgehead atoms. The SMILES string of the molecule is CCC(CC)NCCOCC(Cc1cccc2ccccc12)CC1CCCO1. The van der Waals surface area contributed by atoms with E-state index in [1.165, 1.54) is 42.0 Å². The fourth-order valence-corrected chi connectivity index (χ4v) is 4.36. The molecule has 3 heteroatoms. The molecule has 1 N–H and O–H groups in total. The molecular formula is C25H37NO2. The standard InChI is InChI=1S/C25H37NO2/c1-3-23(4-2)26-14-16-27-19-20(18-24-12-8-15-28-24)17-22-11-7-10-21-9-5-6-13-25(21)22/h5-7,9-11,13,20,23-24,26H,3-4,8,12,14-19H2,1-2H3. The maximum absolute atomic E-state index is 6.11. The molecule has 28 heavy (non-hydrogen) atoms. The molecule has 1 aliphatic rings. The van der Waals surface area contributed by atoms with Crippen LogP contribution in [-0.4, -0.2) is 38.5 Å². The van der Waals surface area contributed by atoms with E-state index in [9.17, 15) is 0 Å². The number of benzene rings is 2. The second-order valence-corrected chi connectivity index (χ2v) is 8.12. The summed E-state index contributed by atoms with van der Waals surface area (Å²) in [6, 6.07) is 16.0. The summed E-state index contributed by atoms with van der Waals surface area (Å²) in [6.07, 6.45) is 7.32. The lowest BCUT2D eigenvalue weighted by Crippen LogP contribution is -2.31. The molecule has 0 spiro atoms. The molecule has 3 rings (SSSR count). The molecule has 154 valence electrons. The van der Waals surface area contributed by atoms with Crippen LogP contribution in [0.15, 0.2) is 42.5 Å². The Morgan fingerprint density at radius 3 is 2.71 bits per heavy atom. The van der Waals surface area contributed by atoms with Crippen LogP contribution in [0.4, 0.5) is 0 Å². The van der Waals surface area contributed by atoms with E-state index in [0.717, 1.165) is 39.2 Å². The van der Waals surface area contributed by atoms with Crippen LogP contribution >= 0.6 is 0 Å². The highest BCUT2D eigenvalue weighted by Gasteiger charge is 2.22. The van der Waals surface area contributed by atoms with Crippen LogP contribution in [0.5, 0.6) is 0 Å². The number of hydrogen-bond donors (Lipinski definition) is 1. The van der Waals surface area contributed by atoms with Gasteiger partial charge in [-0.15, -0.1) is 0 Å². The van der Waals surface area contributed by atoms with Gasteiger partial charge in [-0.05, 0) is 60.8 Å². The topological polar surface area (TPSA) is 30.5 Å². The van der Waals surface area contributed by atoms with Crippen LogP contribution in [0.2, 0.25) is 0 Å². The summed E-state index contributed by atoms with van der Waals surface area (Å²) in [5.74, 6) is 0.502. The first-order valence-corrected chi connectivity index (χ1v) is 11.2. The molecular weight excluding hydrogens is 346 g/mol. The van der Waals surface area contributed by atoms with Crippen molar-refractivity contribution in [3.05, 3.63) is 48.0 Å². The second kappa shape index (κ2) is 11.5. The molecule has 0 radical (unpaired) electrons. The van der Waals surface area contributed by atoms with Crippen LogP contribution in [-0.2, 0) is 15.9 Å². The fraction of sp³-hybridized carbons (Fsp3) is 0.600. The van der Waals surface area contributed by atoms with Gasteiger partial charge in [0, 0.05) is 25.8 Å². The highest BCUT2D eigenvalue weighted by atomic mass is 16.5. The third kappa shape index (κ3) is 6.30. The van der Waals surface area contributed by atoms with E-state index in [4.69, 9.17) is 9.47 Å². The van der Waals surface area contributed by atoms with Gasteiger partial charge in [-0.2, -0.15) is 0 Å². The van der Waals surface area contributed by atoms with Gasteiger partial charge in [0.15, 0.2) is 0 Å². The number of ether oxygens (including phenoxy) is 2. The number of fused-ring (bicyclic) bond motifs is 1. The molecule has 2 atom stereocenters. The van der Waals surface area contributed by atoms with E-state index in [0.29, 0.717) is 18.1 Å². The molecule has 3 nitrogen and oxygen atoms in total. The van der Waals surface area contributed by atoms with Gasteiger partial charge in [0.2, 0.25) is 0 Å². The molecule has 1 aliphatic heterocycles. The van der Waals surface area contributed by atoms with E-state index in [1.54, 1.807) is 0 Å². The predicted octanol–water partition coefficient (Wildman–Crippen LogP) is 5.36. The largest absolute Gasteiger partial charge is 0.380 e. The van der Waals surface area contributed by atoms with Gasteiger partial charge >= 0.3 is 0 Å². The molecule has 1 fully saturated rings. The highest BCUT2D eigenvalue weighted by Crippen LogP contribution is 2.26. The summed E-state index contributed by atoms with van der Waals surface area (Å²) in [5, 5.41) is 6.29. The minimum atomic E-state index is 0.409. The van der Waals surface area contributed by atoms with Crippen LogP contribution in [0.3, 0.4) is 0 Å². The van der Waals surface area contributed by atoms with Gasteiger partial charge in [-0.1, -0.05) is 56.3 Å². The van der Waals surface area contributed by atoms with Crippen molar-refractivity contribution in [3.8, 4) is 0 Å². The molecule has 0 amide bonds. The summed E-state index contributed by atoms with van der Waals surface area (Å²) in [7, 11) is 0. The maximum Gasteiger partial charge on any atom is 0.0591 e. The van der Waals surface area contributed by atoms with Crippen molar-refractivity contribution in [1.82, 2.24) is 5.32 Å². The van der Waals surface area contributed by atoms with Crippen molar-refractivity contribution in [1.29, 1.82) is 0 Å². The van der Waals surface area contributed by atoms with Crippen molar-refractivity contribution in [3.63, 3.8) is 0 Å². The maximum atomic E-state index is 6.11. The van der Waals surface area contributed by atoms with Gasteiger partial charge in [-0.25, -0.2) is 0 Å². The Morgan fingerprint density at radius 1 is 1.11 bits per heavy atom. The Hall–Kier alpha value is -1.42. The molecule has 2 aromatic carbocycles. The summed E-state index contributed by atoms with van der Waals surface area (Å²) < 4.78 is 12.0. The van der Waals surface area contributed by atoms with Crippen molar-refractivity contribution < 1.29 is 9.47 Å². The zero-order chi connectivity index (χ0) is 19.6. The lowest BCUT2D eigenvalue weighted by atomic mass is 9.91. The number of hydrogen-bond acceptors (Lipinski definition) is 3. The van der Waals surface area contributed by atoms with Crippen molar-refractivity contribution in [2.24, 2.45) is 5.92 Å². The average Bonchev–Trinajstić information content (AvgIpc) is 3.24. The van der Waals surface area contributed by atoms with E-state index in [2.05, 4.69) is 61.6 Å². The van der Waals surface area contributed by atoms with Crippen molar-refractivity contribution in [2.45, 2.75) is 64.5 Å². The summed E-state index contributed by atoms with van der Waals surface area (Å²) in [5.41, 5.74) is 1.43. The van der Waals surface area contributed by atoms with Gasteiger partial charge in [0.1, 0.15) is 0 Å². The van der Waals surface area contributed by atoms with Gasteiger partial charge in [0.25, 0.3) is 0 Å². The summed E-state index contributed by atoms with van der Waals surface area (Å²) >= 11 is 0. The summed E-state index contributed by atoms with van der Waals surface area (Å²) in [4.78, 5) is 0. The van der Waals surface area contributed by atoms with E-state index < -0.39 is 0 Å². The first kappa shape index (κ1) is 21.3. The number of rotatable bonds is 12. The smallest absolute Gasteiger partial charge is 0.0591 e. The summed E-state index contributed by atoms with van der Waals surface area (Å²) in [6.45, 7) is 7.94. The lowest BCUT2D eigenvalue weighted by molar-refractivity contribution is 0.0518. The highest BCUT2D eigenvalue weighted by molar-refractivity contribution is 5.85. The average molecular weight is 384 g/mol. The first-order valence-electron chi connectivity index (χ1n) is 11.2. The Labute approximate surface area is 170 Å². The van der Waals surface area contributed by atoms with Crippen molar-refractivity contribution in [2.75, 3.05) is 26.4 Å². The third-order valence-electron chi connectivity index (χ3n) is 6.03. The third-order valence-corrected chi connectivity index (χ3v) is 6.03. The first-order chi connectivity index (χ1) is 13.8. The lowest BCUT2D eigenvalue weighted by Gasteiger charge is -2.22. The van der Waals surface area contributed by atoms with E-state index in [-0.39, 0.29) is 0 Å². The van der Waals surface area contributed by atoms with Gasteiger partial charge < -0.3 is 14.8 Å². The second-order valence-electron chi connectivity index (χ2n) is 8.12. The monoisotopic (exact) mass is 383 g/mol. The Bertz CT molecular complexity index is 687. The van der Waals surface area contributed by atoms with E-state index in [1.807, 2.05) is 0 Å². The van der Waals surface area contributed by atoms with Crippen LogP contribution < -0.4 is 5.32 Å². The Balaban J connectivity index is 1.57. The molecule has 0 saturated carbocycles. The van der Waals surface area contributed by atoms with Crippen LogP contribution in [0.25, 0.3) is 10.8 Å². The van der Waals surface area contributed by atoms with Crippen molar-refractivity contribution >= 4 is 10.8 Å². The van der Waals surface area contributed by atoms with E-state index >= 15 is 0 Å². The van der Waals surface area contributed by atoms with Crippen LogP contribution in [0, 0.1) is 5.92 Å². The molecule has 2 aromatic rings. The molecule has 1 saturated heterocycles. The Morgan fingerprint density at radius 2 is 1.93 bits per heavy atom. The predicted molar refractivity (Wildman–Crippen MR) is 118 cm³/mol.